The average Bonchev–Trinajstić information content (AvgIpc) is 2.34. The van der Waals surface area contributed by atoms with Gasteiger partial charge in [0.1, 0.15) is 10.7 Å². The van der Waals surface area contributed by atoms with Crippen LogP contribution < -0.4 is 5.73 Å². The van der Waals surface area contributed by atoms with Crippen LogP contribution in [0.4, 0.5) is 10.1 Å². The molecule has 5 nitrogen and oxygen atoms in total. The number of aliphatic hydroxyl groups is 1. The standard InChI is InChI=1S/C11H14ClFN2O3S/c12-8-5-9(13)10(14)6-11(8)19(17,18)15-3-1-7(16)2-4-15/h5-7,16H,1-4,14H2. The second kappa shape index (κ2) is 5.24. The highest BCUT2D eigenvalue weighted by atomic mass is 35.5. The smallest absolute Gasteiger partial charge is 0.244 e. The Morgan fingerprint density at radius 1 is 1.37 bits per heavy atom. The van der Waals surface area contributed by atoms with Gasteiger partial charge in [0.05, 0.1) is 16.8 Å². The van der Waals surface area contributed by atoms with E-state index < -0.39 is 21.9 Å². The van der Waals surface area contributed by atoms with Crippen molar-refractivity contribution in [3.63, 3.8) is 0 Å². The molecule has 8 heteroatoms. The van der Waals surface area contributed by atoms with Crippen molar-refractivity contribution in [3.05, 3.63) is 23.0 Å². The van der Waals surface area contributed by atoms with Crippen molar-refractivity contribution in [1.82, 2.24) is 4.31 Å². The first-order valence-electron chi connectivity index (χ1n) is 5.75. The van der Waals surface area contributed by atoms with Crippen molar-refractivity contribution in [2.75, 3.05) is 18.8 Å². The summed E-state index contributed by atoms with van der Waals surface area (Å²) in [6.45, 7) is 0.411. The summed E-state index contributed by atoms with van der Waals surface area (Å²) in [5, 5.41) is 9.18. The van der Waals surface area contributed by atoms with Gasteiger partial charge in [-0.3, -0.25) is 0 Å². The van der Waals surface area contributed by atoms with Crippen LogP contribution in [0.1, 0.15) is 12.8 Å². The molecule has 19 heavy (non-hydrogen) atoms. The van der Waals surface area contributed by atoms with Gasteiger partial charge >= 0.3 is 0 Å². The molecular formula is C11H14ClFN2O3S. The summed E-state index contributed by atoms with van der Waals surface area (Å²) in [5.41, 5.74) is 5.12. The molecule has 0 bridgehead atoms. The van der Waals surface area contributed by atoms with Gasteiger partial charge in [-0.25, -0.2) is 12.8 Å². The molecule has 0 radical (unpaired) electrons. The summed E-state index contributed by atoms with van der Waals surface area (Å²) in [6, 6.07) is 1.92. The third kappa shape index (κ3) is 2.84. The van der Waals surface area contributed by atoms with E-state index in [1.807, 2.05) is 0 Å². The highest BCUT2D eigenvalue weighted by molar-refractivity contribution is 7.89. The molecule has 1 aliphatic rings. The maximum atomic E-state index is 13.2. The third-order valence-corrected chi connectivity index (χ3v) is 5.46. The Morgan fingerprint density at radius 2 is 1.95 bits per heavy atom. The monoisotopic (exact) mass is 308 g/mol. The molecule has 0 saturated carbocycles. The van der Waals surface area contributed by atoms with Crippen molar-refractivity contribution in [2.24, 2.45) is 0 Å². The number of anilines is 1. The van der Waals surface area contributed by atoms with Gasteiger partial charge in [-0.15, -0.1) is 0 Å². The van der Waals surface area contributed by atoms with Crippen LogP contribution in [0.3, 0.4) is 0 Å². The SMILES string of the molecule is Nc1cc(S(=O)(=O)N2CCC(O)CC2)c(Cl)cc1F. The molecule has 3 N–H and O–H groups in total. The lowest BCUT2D eigenvalue weighted by atomic mass is 10.1. The van der Waals surface area contributed by atoms with E-state index in [0.29, 0.717) is 12.8 Å². The van der Waals surface area contributed by atoms with Gasteiger partial charge in [0.25, 0.3) is 0 Å². The first kappa shape index (κ1) is 14.5. The first-order chi connectivity index (χ1) is 8.82. The summed E-state index contributed by atoms with van der Waals surface area (Å²) in [4.78, 5) is -0.204. The van der Waals surface area contributed by atoms with Crippen LogP contribution in [0, 0.1) is 5.82 Å². The van der Waals surface area contributed by atoms with Crippen LogP contribution in [-0.4, -0.2) is 37.0 Å². The fraction of sp³-hybridized carbons (Fsp3) is 0.455. The first-order valence-corrected chi connectivity index (χ1v) is 7.57. The molecule has 1 aliphatic heterocycles. The summed E-state index contributed by atoms with van der Waals surface area (Å²) in [5.74, 6) is -0.752. The van der Waals surface area contributed by atoms with Crippen LogP contribution >= 0.6 is 11.6 Å². The molecule has 0 spiro atoms. The molecule has 2 rings (SSSR count). The summed E-state index contributed by atoms with van der Waals surface area (Å²) in [6.07, 6.45) is 0.251. The predicted molar refractivity (Wildman–Crippen MR) is 69.8 cm³/mol. The van der Waals surface area contributed by atoms with Crippen molar-refractivity contribution in [2.45, 2.75) is 23.8 Å². The number of nitrogens with two attached hydrogens (primary N) is 1. The Hall–Kier alpha value is -0.890. The molecule has 1 aromatic carbocycles. The molecule has 1 saturated heterocycles. The van der Waals surface area contributed by atoms with Crippen LogP contribution in [0.25, 0.3) is 0 Å². The number of rotatable bonds is 2. The lowest BCUT2D eigenvalue weighted by Gasteiger charge is -2.29. The highest BCUT2D eigenvalue weighted by Gasteiger charge is 2.30. The summed E-state index contributed by atoms with van der Waals surface area (Å²) >= 11 is 5.78. The van der Waals surface area contributed by atoms with Crippen molar-refractivity contribution >= 4 is 27.3 Å². The van der Waals surface area contributed by atoms with Gasteiger partial charge in [0, 0.05) is 13.1 Å². The molecular weight excluding hydrogens is 295 g/mol. The van der Waals surface area contributed by atoms with Crippen molar-refractivity contribution < 1.29 is 17.9 Å². The minimum absolute atomic E-state index is 0.196. The van der Waals surface area contributed by atoms with Crippen molar-refractivity contribution in [1.29, 1.82) is 0 Å². The summed E-state index contributed by atoms with van der Waals surface area (Å²) < 4.78 is 39.1. The van der Waals surface area contributed by atoms with Crippen LogP contribution in [-0.2, 0) is 10.0 Å². The van der Waals surface area contributed by atoms with Crippen LogP contribution in [0.15, 0.2) is 17.0 Å². The Labute approximate surface area is 115 Å². The van der Waals surface area contributed by atoms with E-state index in [1.54, 1.807) is 0 Å². The Bertz CT molecular complexity index is 586. The van der Waals surface area contributed by atoms with E-state index in [0.717, 1.165) is 12.1 Å². The Kier molecular flexibility index (Phi) is 4.00. The van der Waals surface area contributed by atoms with Gasteiger partial charge < -0.3 is 10.8 Å². The zero-order chi connectivity index (χ0) is 14.2. The fourth-order valence-electron chi connectivity index (χ4n) is 1.96. The largest absolute Gasteiger partial charge is 0.396 e. The average molecular weight is 309 g/mol. The Balaban J connectivity index is 2.37. The molecule has 0 unspecified atom stereocenters. The quantitative estimate of drug-likeness (QED) is 0.804. The van der Waals surface area contributed by atoms with Gasteiger partial charge in [-0.1, -0.05) is 11.6 Å². The molecule has 0 aromatic heterocycles. The summed E-state index contributed by atoms with van der Waals surface area (Å²) in [7, 11) is -3.81. The van der Waals surface area contributed by atoms with Gasteiger partial charge in [0.15, 0.2) is 0 Å². The molecule has 1 aromatic rings. The second-order valence-electron chi connectivity index (χ2n) is 4.44. The minimum atomic E-state index is -3.81. The number of hydrogen-bond acceptors (Lipinski definition) is 4. The third-order valence-electron chi connectivity index (χ3n) is 3.09. The maximum Gasteiger partial charge on any atom is 0.244 e. The number of piperidine rings is 1. The highest BCUT2D eigenvalue weighted by Crippen LogP contribution is 2.30. The van der Waals surface area contributed by atoms with Gasteiger partial charge in [0.2, 0.25) is 10.0 Å². The normalized spacial score (nSPS) is 18.7. The lowest BCUT2D eigenvalue weighted by Crippen LogP contribution is -2.40. The topological polar surface area (TPSA) is 83.6 Å². The van der Waals surface area contributed by atoms with Crippen molar-refractivity contribution in [3.8, 4) is 0 Å². The number of benzene rings is 1. The molecule has 1 fully saturated rings. The molecule has 0 atom stereocenters. The maximum absolute atomic E-state index is 13.2. The van der Waals surface area contributed by atoms with Crippen LogP contribution in [0.2, 0.25) is 5.02 Å². The van der Waals surface area contributed by atoms with Gasteiger partial charge in [-0.2, -0.15) is 4.31 Å². The van der Waals surface area contributed by atoms with Gasteiger partial charge in [-0.05, 0) is 25.0 Å². The molecule has 106 valence electrons. The van der Waals surface area contributed by atoms with E-state index >= 15 is 0 Å². The number of halogens is 2. The van der Waals surface area contributed by atoms with Crippen LogP contribution in [0.5, 0.6) is 0 Å². The molecule has 0 aliphatic carbocycles. The lowest BCUT2D eigenvalue weighted by molar-refractivity contribution is 0.113. The molecule has 0 amide bonds. The zero-order valence-electron chi connectivity index (χ0n) is 10.0. The van der Waals surface area contributed by atoms with E-state index in [1.165, 1.54) is 4.31 Å². The van der Waals surface area contributed by atoms with E-state index in [2.05, 4.69) is 0 Å². The number of sulfonamides is 1. The minimum Gasteiger partial charge on any atom is -0.396 e. The molecule has 1 heterocycles. The van der Waals surface area contributed by atoms with E-state index in [9.17, 15) is 17.9 Å². The number of nitrogens with zero attached hydrogens (tertiary/aromatic N) is 1. The van der Waals surface area contributed by atoms with E-state index in [-0.39, 0.29) is 28.7 Å². The Morgan fingerprint density at radius 3 is 2.53 bits per heavy atom. The van der Waals surface area contributed by atoms with E-state index in [4.69, 9.17) is 17.3 Å². The predicted octanol–water partition coefficient (Wildman–Crippen LogP) is 1.21. The number of nitrogen functional groups attached to an aromatic ring is 1. The number of hydrogen-bond donors (Lipinski definition) is 2. The zero-order valence-corrected chi connectivity index (χ0v) is 11.6. The number of aliphatic hydroxyl groups excluding tert-OH is 1. The fourth-order valence-corrected chi connectivity index (χ4v) is 3.96. The second-order valence-corrected chi connectivity index (χ2v) is 6.75.